The van der Waals surface area contributed by atoms with Crippen molar-refractivity contribution in [3.8, 4) is 17.5 Å². The molecule has 3 aromatic rings. The number of ether oxygens (including phenoxy) is 2. The molecule has 2 unspecified atom stereocenters. The Labute approximate surface area is 230 Å². The van der Waals surface area contributed by atoms with Gasteiger partial charge in [0, 0.05) is 32.8 Å². The number of aromatic nitrogens is 6. The fraction of sp³-hybridized carbons (Fsp3) is 0.538. The van der Waals surface area contributed by atoms with Gasteiger partial charge in [-0.3, -0.25) is 0 Å². The summed E-state index contributed by atoms with van der Waals surface area (Å²) in [5, 5.41) is 23.5. The van der Waals surface area contributed by atoms with Crippen molar-refractivity contribution >= 4 is 17.5 Å². The Morgan fingerprint density at radius 2 is 2.02 bits per heavy atom. The van der Waals surface area contributed by atoms with E-state index in [0.29, 0.717) is 29.9 Å². The molecular formula is C26H33FN10O3. The lowest BCUT2D eigenvalue weighted by molar-refractivity contribution is 0.0649. The van der Waals surface area contributed by atoms with Crippen LogP contribution in [0.15, 0.2) is 23.1 Å². The van der Waals surface area contributed by atoms with Crippen LogP contribution in [0.2, 0.25) is 0 Å². The zero-order valence-electron chi connectivity index (χ0n) is 22.6. The van der Waals surface area contributed by atoms with Gasteiger partial charge in [-0.15, -0.1) is 0 Å². The summed E-state index contributed by atoms with van der Waals surface area (Å²) in [5.74, 6) is 0.375. The molecule has 2 aliphatic heterocycles. The molecule has 2 aromatic heterocycles. The second kappa shape index (κ2) is 12.4. The van der Waals surface area contributed by atoms with E-state index in [-0.39, 0.29) is 36.3 Å². The highest BCUT2D eigenvalue weighted by molar-refractivity contribution is 5.64. The second-order valence-electron chi connectivity index (χ2n) is 10.0. The number of rotatable bonds is 10. The van der Waals surface area contributed by atoms with Crippen molar-refractivity contribution in [3.63, 3.8) is 0 Å². The average Bonchev–Trinajstić information content (AvgIpc) is 3.30. The summed E-state index contributed by atoms with van der Waals surface area (Å²) in [6.45, 7) is 3.39. The zero-order valence-corrected chi connectivity index (χ0v) is 22.6. The number of piperidine rings is 2. The Morgan fingerprint density at radius 1 is 1.18 bits per heavy atom. The van der Waals surface area contributed by atoms with Gasteiger partial charge >= 0.3 is 5.69 Å². The average molecular weight is 553 g/mol. The van der Waals surface area contributed by atoms with E-state index in [1.165, 1.54) is 45.7 Å². The molecule has 5 rings (SSSR count). The number of benzene rings is 1. The molecule has 0 amide bonds. The fourth-order valence-corrected chi connectivity index (χ4v) is 5.44. The summed E-state index contributed by atoms with van der Waals surface area (Å²) in [6.07, 6.45) is 7.37. The lowest BCUT2D eigenvalue weighted by Crippen LogP contribution is -2.49. The fourth-order valence-electron chi connectivity index (χ4n) is 5.44. The van der Waals surface area contributed by atoms with Gasteiger partial charge in [-0.05, 0) is 61.2 Å². The smallest absolute Gasteiger partial charge is 0.368 e. The molecule has 2 atom stereocenters. The monoisotopic (exact) mass is 552 g/mol. The highest BCUT2D eigenvalue weighted by Crippen LogP contribution is 2.32. The van der Waals surface area contributed by atoms with Gasteiger partial charge in [0.25, 0.3) is 0 Å². The van der Waals surface area contributed by atoms with Crippen molar-refractivity contribution in [3.05, 3.63) is 40.2 Å². The Kier molecular flexibility index (Phi) is 8.51. The molecule has 4 heterocycles. The van der Waals surface area contributed by atoms with E-state index >= 15 is 4.39 Å². The largest absolute Gasteiger partial charge is 0.489 e. The molecule has 0 spiro atoms. The summed E-state index contributed by atoms with van der Waals surface area (Å²) in [5.41, 5.74) is -0.0580. The third-order valence-electron chi connectivity index (χ3n) is 7.46. The predicted octanol–water partition coefficient (Wildman–Crippen LogP) is 2.21. The number of hydrogen-bond acceptors (Lipinski definition) is 11. The number of halogens is 1. The maximum absolute atomic E-state index is 15.2. The van der Waals surface area contributed by atoms with Crippen LogP contribution in [0.5, 0.6) is 5.75 Å². The van der Waals surface area contributed by atoms with Crippen LogP contribution >= 0.6 is 0 Å². The van der Waals surface area contributed by atoms with Gasteiger partial charge in [0.15, 0.2) is 5.82 Å². The minimum atomic E-state index is -0.657. The van der Waals surface area contributed by atoms with E-state index in [4.69, 9.17) is 9.47 Å². The molecule has 2 N–H and O–H groups in total. The number of nitrogens with zero attached hydrogens (tertiary/aromatic N) is 8. The molecule has 14 heteroatoms. The van der Waals surface area contributed by atoms with Crippen molar-refractivity contribution in [1.82, 2.24) is 34.7 Å². The van der Waals surface area contributed by atoms with E-state index in [0.717, 1.165) is 41.4 Å². The highest BCUT2D eigenvalue weighted by atomic mass is 19.1. The first-order valence-electron chi connectivity index (χ1n) is 13.4. The highest BCUT2D eigenvalue weighted by Gasteiger charge is 2.33. The maximum atomic E-state index is 15.2. The SMILES string of the molecule is COCCOc1cc(F)c(Nc2ncc(C#N)c(NCC3CCCN4CCCCC34)n2)cc1-n1nnn(C)c1=O. The molecule has 0 aliphatic carbocycles. The molecular weight excluding hydrogens is 519 g/mol. The van der Waals surface area contributed by atoms with E-state index in [9.17, 15) is 10.1 Å². The van der Waals surface area contributed by atoms with Crippen molar-refractivity contribution < 1.29 is 13.9 Å². The molecule has 1 aromatic carbocycles. The van der Waals surface area contributed by atoms with Crippen LogP contribution < -0.4 is 21.1 Å². The number of fused-ring (bicyclic) bond motifs is 1. The number of nitrogens with one attached hydrogen (secondary N) is 2. The van der Waals surface area contributed by atoms with Crippen LogP contribution in [0.1, 0.15) is 37.7 Å². The van der Waals surface area contributed by atoms with Gasteiger partial charge < -0.3 is 25.0 Å². The van der Waals surface area contributed by atoms with Gasteiger partial charge in [-0.1, -0.05) is 6.42 Å². The van der Waals surface area contributed by atoms with Crippen LogP contribution in [0.25, 0.3) is 5.69 Å². The van der Waals surface area contributed by atoms with Gasteiger partial charge in [0.05, 0.1) is 18.5 Å². The van der Waals surface area contributed by atoms with Crippen LogP contribution in [-0.4, -0.2) is 80.7 Å². The number of hydrogen-bond donors (Lipinski definition) is 2. The molecule has 0 radical (unpaired) electrons. The normalized spacial score (nSPS) is 19.1. The van der Waals surface area contributed by atoms with Gasteiger partial charge in [-0.25, -0.2) is 14.2 Å². The Balaban J connectivity index is 1.38. The standard InChI is InChI=1S/C26H33FN10O3/c1-35-26(38)37(34-33-35)22-13-20(19(27)12-23(22)40-11-10-39-2)31-25-30-16-18(14-28)24(32-25)29-15-17-6-5-9-36-8-4-3-7-21(17)36/h12-13,16-17,21H,3-11,15H2,1-2H3,(H2,29,30,31,32). The summed E-state index contributed by atoms with van der Waals surface area (Å²) < 4.78 is 27.9. The van der Waals surface area contributed by atoms with Crippen LogP contribution in [0, 0.1) is 23.1 Å². The van der Waals surface area contributed by atoms with E-state index in [1.807, 2.05) is 0 Å². The second-order valence-corrected chi connectivity index (χ2v) is 10.0. The number of tetrazole rings is 1. The van der Waals surface area contributed by atoms with Crippen LogP contribution in [-0.2, 0) is 11.8 Å². The van der Waals surface area contributed by atoms with Crippen molar-refractivity contribution in [2.24, 2.45) is 13.0 Å². The molecule has 2 saturated heterocycles. The summed E-state index contributed by atoms with van der Waals surface area (Å²) >= 11 is 0. The Morgan fingerprint density at radius 3 is 2.80 bits per heavy atom. The topological polar surface area (TPSA) is 148 Å². The van der Waals surface area contributed by atoms with Gasteiger partial charge in [0.1, 0.15) is 35.5 Å². The van der Waals surface area contributed by atoms with E-state index < -0.39 is 11.5 Å². The van der Waals surface area contributed by atoms with Crippen LogP contribution in [0.3, 0.4) is 0 Å². The lowest BCUT2D eigenvalue weighted by atomic mass is 9.83. The third kappa shape index (κ3) is 5.90. The molecule has 2 fully saturated rings. The Hall–Kier alpha value is -4.09. The lowest BCUT2D eigenvalue weighted by Gasteiger charge is -2.44. The minimum absolute atomic E-state index is 0.00701. The number of methoxy groups -OCH3 is 1. The van der Waals surface area contributed by atoms with Gasteiger partial charge in [-0.2, -0.15) is 19.6 Å². The first-order valence-corrected chi connectivity index (χ1v) is 13.4. The van der Waals surface area contributed by atoms with Crippen molar-refractivity contribution in [2.45, 2.75) is 38.1 Å². The zero-order chi connectivity index (χ0) is 28.1. The van der Waals surface area contributed by atoms with E-state index in [2.05, 4.69) is 42.0 Å². The molecule has 2 aliphatic rings. The number of nitriles is 1. The first-order chi connectivity index (χ1) is 19.5. The number of anilines is 3. The molecule has 0 saturated carbocycles. The van der Waals surface area contributed by atoms with E-state index in [1.54, 1.807) is 0 Å². The molecule has 40 heavy (non-hydrogen) atoms. The maximum Gasteiger partial charge on any atom is 0.368 e. The third-order valence-corrected chi connectivity index (χ3v) is 7.46. The summed E-state index contributed by atoms with van der Waals surface area (Å²) in [7, 11) is 2.98. The molecule has 212 valence electrons. The first kappa shape index (κ1) is 27.5. The van der Waals surface area contributed by atoms with Gasteiger partial charge in [0.2, 0.25) is 5.95 Å². The van der Waals surface area contributed by atoms with Crippen LogP contribution in [0.4, 0.5) is 21.8 Å². The summed E-state index contributed by atoms with van der Waals surface area (Å²) in [4.78, 5) is 23.8. The van der Waals surface area contributed by atoms with Crippen molar-refractivity contribution in [2.75, 3.05) is 50.6 Å². The Bertz CT molecular complexity index is 1430. The number of aryl methyl sites for hydroxylation is 1. The summed E-state index contributed by atoms with van der Waals surface area (Å²) in [6, 6.07) is 5.20. The van der Waals surface area contributed by atoms with Crippen molar-refractivity contribution in [1.29, 1.82) is 5.26 Å². The minimum Gasteiger partial charge on any atom is -0.489 e. The molecule has 13 nitrogen and oxygen atoms in total. The quantitative estimate of drug-likeness (QED) is 0.357. The predicted molar refractivity (Wildman–Crippen MR) is 144 cm³/mol. The molecule has 0 bridgehead atoms.